The zero-order chi connectivity index (χ0) is 21.1. The van der Waals surface area contributed by atoms with E-state index in [2.05, 4.69) is 26.2 Å². The van der Waals surface area contributed by atoms with Crippen LogP contribution in [0.2, 0.25) is 5.02 Å². The molecule has 0 fully saturated rings. The fourth-order valence-electron chi connectivity index (χ4n) is 3.12. The van der Waals surface area contributed by atoms with Crippen LogP contribution in [0.5, 0.6) is 0 Å². The summed E-state index contributed by atoms with van der Waals surface area (Å²) in [6, 6.07) is 22.3. The summed E-state index contributed by atoms with van der Waals surface area (Å²) in [6.45, 7) is 1.93. The van der Waals surface area contributed by atoms with Crippen molar-refractivity contribution in [1.29, 1.82) is 0 Å². The molecular weight excluding hydrogens is 464 g/mol. The van der Waals surface area contributed by atoms with E-state index < -0.39 is 0 Å². The van der Waals surface area contributed by atoms with Crippen molar-refractivity contribution in [3.05, 3.63) is 99.6 Å². The summed E-state index contributed by atoms with van der Waals surface area (Å²) in [6.07, 6.45) is 1.67. The van der Waals surface area contributed by atoms with Gasteiger partial charge in [-0.15, -0.1) is 0 Å². The highest BCUT2D eigenvalue weighted by Crippen LogP contribution is 2.29. The largest absolute Gasteiger partial charge is 0.436 e. The van der Waals surface area contributed by atoms with Gasteiger partial charge < -0.3 is 9.73 Å². The zero-order valence-electron chi connectivity index (χ0n) is 16.1. The van der Waals surface area contributed by atoms with Crippen molar-refractivity contribution in [2.45, 2.75) is 13.0 Å². The van der Waals surface area contributed by atoms with Crippen LogP contribution in [0.1, 0.15) is 28.9 Å². The van der Waals surface area contributed by atoms with Gasteiger partial charge in [0.25, 0.3) is 5.91 Å². The number of carbonyl (C=O) groups excluding carboxylic acids is 1. The van der Waals surface area contributed by atoms with Crippen LogP contribution in [0.25, 0.3) is 22.8 Å². The lowest BCUT2D eigenvalue weighted by molar-refractivity contribution is 0.0940. The topological polar surface area (TPSA) is 55.1 Å². The number of hydrogen-bond acceptors (Lipinski definition) is 3. The quantitative estimate of drug-likeness (QED) is 0.337. The first-order valence-corrected chi connectivity index (χ1v) is 10.6. The molecule has 1 amide bonds. The summed E-state index contributed by atoms with van der Waals surface area (Å²) in [5.74, 6) is 0.844. The van der Waals surface area contributed by atoms with E-state index in [0.717, 1.165) is 15.6 Å². The molecule has 6 heteroatoms. The minimum Gasteiger partial charge on any atom is -0.436 e. The fraction of sp³-hybridized carbons (Fsp3) is 0.0833. The summed E-state index contributed by atoms with van der Waals surface area (Å²) in [5, 5.41) is 3.69. The van der Waals surface area contributed by atoms with Crippen molar-refractivity contribution >= 4 is 33.4 Å². The van der Waals surface area contributed by atoms with Crippen LogP contribution >= 0.6 is 27.5 Å². The highest BCUT2D eigenvalue weighted by Gasteiger charge is 2.19. The van der Waals surface area contributed by atoms with Gasteiger partial charge in [0.15, 0.2) is 5.76 Å². The zero-order valence-corrected chi connectivity index (χ0v) is 18.4. The van der Waals surface area contributed by atoms with Crippen molar-refractivity contribution in [3.8, 4) is 22.8 Å². The molecule has 30 heavy (non-hydrogen) atoms. The molecule has 0 aliphatic rings. The van der Waals surface area contributed by atoms with Crippen LogP contribution in [0.4, 0.5) is 0 Å². The van der Waals surface area contributed by atoms with Crippen molar-refractivity contribution in [2.75, 3.05) is 0 Å². The molecule has 1 aromatic heterocycles. The van der Waals surface area contributed by atoms with Crippen molar-refractivity contribution in [3.63, 3.8) is 0 Å². The van der Waals surface area contributed by atoms with E-state index in [0.29, 0.717) is 27.8 Å². The van der Waals surface area contributed by atoms with Gasteiger partial charge in [-0.25, -0.2) is 4.98 Å². The van der Waals surface area contributed by atoms with Crippen LogP contribution < -0.4 is 5.32 Å². The number of nitrogens with one attached hydrogen (secondary N) is 1. The lowest BCUT2D eigenvalue weighted by atomic mass is 10.0. The molecule has 1 atom stereocenters. The molecule has 0 unspecified atom stereocenters. The van der Waals surface area contributed by atoms with Crippen LogP contribution in [0.3, 0.4) is 0 Å². The molecule has 3 aromatic carbocycles. The van der Waals surface area contributed by atoms with Crippen LogP contribution in [0, 0.1) is 0 Å². The summed E-state index contributed by atoms with van der Waals surface area (Å²) in [7, 11) is 0. The molecule has 0 saturated carbocycles. The van der Waals surface area contributed by atoms with Gasteiger partial charge in [0.05, 0.1) is 17.8 Å². The molecule has 0 aliphatic carbocycles. The van der Waals surface area contributed by atoms with Gasteiger partial charge in [0.1, 0.15) is 0 Å². The minimum absolute atomic E-state index is 0.175. The summed E-state index contributed by atoms with van der Waals surface area (Å²) >= 11 is 9.38. The van der Waals surface area contributed by atoms with Gasteiger partial charge in [-0.3, -0.25) is 4.79 Å². The van der Waals surface area contributed by atoms with Gasteiger partial charge >= 0.3 is 0 Å². The maximum Gasteiger partial charge on any atom is 0.252 e. The number of carbonyl (C=O) groups is 1. The number of rotatable bonds is 5. The predicted octanol–water partition coefficient (Wildman–Crippen LogP) is 6.92. The first kappa shape index (κ1) is 20.4. The molecule has 4 rings (SSSR count). The summed E-state index contributed by atoms with van der Waals surface area (Å²) < 4.78 is 6.96. The molecule has 1 heterocycles. The summed E-state index contributed by atoms with van der Waals surface area (Å²) in [4.78, 5) is 17.4. The number of amides is 1. The summed E-state index contributed by atoms with van der Waals surface area (Å²) in [5.41, 5.74) is 3.03. The van der Waals surface area contributed by atoms with Crippen LogP contribution in [0.15, 0.2) is 87.9 Å². The fourth-order valence-corrected chi connectivity index (χ4v) is 3.51. The van der Waals surface area contributed by atoms with Gasteiger partial charge in [-0.2, -0.15) is 0 Å². The maximum absolute atomic E-state index is 13.0. The monoisotopic (exact) mass is 480 g/mol. The standard InChI is InChI=1S/C24H18BrClN2O2/c1-15(16-8-12-19(26)13-9-16)28-23(29)20-4-2-3-5-21(20)24-27-14-22(30-24)17-6-10-18(25)11-7-17/h2-15H,1H3,(H,28,29)/t15-/m1/s1. The van der Waals surface area contributed by atoms with E-state index in [-0.39, 0.29) is 11.9 Å². The highest BCUT2D eigenvalue weighted by atomic mass is 79.9. The van der Waals surface area contributed by atoms with Gasteiger partial charge in [-0.1, -0.05) is 63.9 Å². The Morgan fingerprint density at radius 3 is 2.47 bits per heavy atom. The molecule has 0 bridgehead atoms. The van der Waals surface area contributed by atoms with Gasteiger partial charge in [-0.05, 0) is 48.9 Å². The minimum atomic E-state index is -0.198. The first-order valence-electron chi connectivity index (χ1n) is 9.39. The maximum atomic E-state index is 13.0. The lowest BCUT2D eigenvalue weighted by Gasteiger charge is -2.15. The second-order valence-corrected chi connectivity index (χ2v) is 8.18. The third-order valence-electron chi connectivity index (χ3n) is 4.75. The number of nitrogens with zero attached hydrogens (tertiary/aromatic N) is 1. The molecule has 0 radical (unpaired) electrons. The van der Waals surface area contributed by atoms with E-state index >= 15 is 0 Å². The van der Waals surface area contributed by atoms with Crippen LogP contribution in [-0.2, 0) is 0 Å². The van der Waals surface area contributed by atoms with E-state index in [1.807, 2.05) is 73.7 Å². The van der Waals surface area contributed by atoms with Crippen molar-refractivity contribution < 1.29 is 9.21 Å². The first-order chi connectivity index (χ1) is 14.5. The Balaban J connectivity index is 1.59. The molecule has 150 valence electrons. The molecule has 0 saturated heterocycles. The van der Waals surface area contributed by atoms with Crippen LogP contribution in [-0.4, -0.2) is 10.9 Å². The van der Waals surface area contributed by atoms with E-state index in [1.54, 1.807) is 12.3 Å². The number of halogens is 2. The number of benzene rings is 3. The predicted molar refractivity (Wildman–Crippen MR) is 122 cm³/mol. The van der Waals surface area contributed by atoms with Crippen molar-refractivity contribution in [1.82, 2.24) is 10.3 Å². The Morgan fingerprint density at radius 1 is 1.03 bits per heavy atom. The number of oxazole rings is 1. The number of aromatic nitrogens is 1. The Bertz CT molecular complexity index is 1170. The average molecular weight is 482 g/mol. The van der Waals surface area contributed by atoms with Gasteiger partial charge in [0.2, 0.25) is 5.89 Å². The molecular formula is C24H18BrClN2O2. The molecule has 4 aromatic rings. The van der Waals surface area contributed by atoms with E-state index in [4.69, 9.17) is 16.0 Å². The van der Waals surface area contributed by atoms with E-state index in [9.17, 15) is 4.79 Å². The molecule has 4 nitrogen and oxygen atoms in total. The second kappa shape index (κ2) is 8.86. The van der Waals surface area contributed by atoms with Crippen molar-refractivity contribution in [2.24, 2.45) is 0 Å². The Kier molecular flexibility index (Phi) is 6.02. The Labute approximate surface area is 188 Å². The second-order valence-electron chi connectivity index (χ2n) is 6.83. The number of hydrogen-bond donors (Lipinski definition) is 1. The van der Waals surface area contributed by atoms with Gasteiger partial charge in [0, 0.05) is 20.6 Å². The third-order valence-corrected chi connectivity index (χ3v) is 5.53. The molecule has 0 spiro atoms. The highest BCUT2D eigenvalue weighted by molar-refractivity contribution is 9.10. The Hall–Kier alpha value is -2.89. The smallest absolute Gasteiger partial charge is 0.252 e. The van der Waals surface area contributed by atoms with E-state index in [1.165, 1.54) is 0 Å². The molecule has 0 aliphatic heterocycles. The lowest BCUT2D eigenvalue weighted by Crippen LogP contribution is -2.27. The third kappa shape index (κ3) is 4.48. The average Bonchev–Trinajstić information content (AvgIpc) is 3.25. The SMILES string of the molecule is C[C@@H](NC(=O)c1ccccc1-c1ncc(-c2ccc(Br)cc2)o1)c1ccc(Cl)cc1. The Morgan fingerprint density at radius 2 is 1.73 bits per heavy atom. The normalized spacial score (nSPS) is 11.8. The molecule has 1 N–H and O–H groups in total.